The third-order valence-corrected chi connectivity index (χ3v) is 4.42. The monoisotopic (exact) mass is 371 g/mol. The number of hydrogen-bond donors (Lipinski definition) is 2. The highest BCUT2D eigenvalue weighted by molar-refractivity contribution is 5.91. The van der Waals surface area contributed by atoms with Crippen LogP contribution in [0.1, 0.15) is 12.0 Å². The molecule has 1 aromatic heterocycles. The van der Waals surface area contributed by atoms with E-state index in [1.165, 1.54) is 0 Å². The number of nitrogens with zero attached hydrogens (tertiary/aromatic N) is 1. The van der Waals surface area contributed by atoms with Gasteiger partial charge in [-0.1, -0.05) is 24.3 Å². The molecule has 0 fully saturated rings. The van der Waals surface area contributed by atoms with Crippen LogP contribution in [0.5, 0.6) is 5.75 Å². The lowest BCUT2D eigenvalue weighted by Gasteiger charge is -2.08. The molecule has 5 heteroatoms. The fourth-order valence-electron chi connectivity index (χ4n) is 2.99. The van der Waals surface area contributed by atoms with Crippen molar-refractivity contribution in [1.29, 1.82) is 0 Å². The predicted molar refractivity (Wildman–Crippen MR) is 111 cm³/mol. The molecule has 140 valence electrons. The van der Waals surface area contributed by atoms with Gasteiger partial charge in [0.1, 0.15) is 11.6 Å². The van der Waals surface area contributed by atoms with Crippen molar-refractivity contribution in [2.24, 2.45) is 0 Å². The van der Waals surface area contributed by atoms with Crippen LogP contribution >= 0.6 is 0 Å². The Morgan fingerprint density at radius 2 is 1.86 bits per heavy atom. The zero-order valence-corrected chi connectivity index (χ0v) is 15.6. The van der Waals surface area contributed by atoms with Crippen molar-refractivity contribution in [3.05, 3.63) is 78.4 Å². The van der Waals surface area contributed by atoms with Gasteiger partial charge in [-0.3, -0.25) is 4.79 Å². The molecular weight excluding hydrogens is 350 g/mol. The van der Waals surface area contributed by atoms with Gasteiger partial charge in [0.2, 0.25) is 5.91 Å². The molecule has 2 N–H and O–H groups in total. The van der Waals surface area contributed by atoms with E-state index in [0.29, 0.717) is 13.0 Å². The summed E-state index contributed by atoms with van der Waals surface area (Å²) in [6.07, 6.45) is 0.291. The first-order chi connectivity index (χ1) is 13.7. The molecule has 0 aliphatic rings. The fraction of sp³-hybridized carbons (Fsp3) is 0.130. The van der Waals surface area contributed by atoms with Gasteiger partial charge in [0.15, 0.2) is 0 Å². The summed E-state index contributed by atoms with van der Waals surface area (Å²) >= 11 is 0. The Hall–Kier alpha value is -3.60. The highest BCUT2D eigenvalue weighted by atomic mass is 16.5. The second kappa shape index (κ2) is 7.96. The lowest BCUT2D eigenvalue weighted by atomic mass is 10.2. The summed E-state index contributed by atoms with van der Waals surface area (Å²) in [4.78, 5) is 20.0. The molecule has 0 aliphatic carbocycles. The molecule has 5 nitrogen and oxygen atoms in total. The lowest BCUT2D eigenvalue weighted by molar-refractivity contribution is -0.116. The van der Waals surface area contributed by atoms with Crippen molar-refractivity contribution < 1.29 is 9.53 Å². The molecule has 0 aliphatic heterocycles. The number of fused-ring (bicyclic) bond motifs is 1. The number of carbonyl (C=O) groups excluding carboxylic acids is 1. The Kier molecular flexibility index (Phi) is 5.06. The van der Waals surface area contributed by atoms with Crippen LogP contribution in [-0.2, 0) is 4.79 Å². The van der Waals surface area contributed by atoms with E-state index in [9.17, 15) is 4.79 Å². The molecular formula is C23H21N3O2. The average Bonchev–Trinajstić information content (AvgIpc) is 3.13. The third-order valence-electron chi connectivity index (χ3n) is 4.42. The van der Waals surface area contributed by atoms with E-state index in [1.54, 1.807) is 0 Å². The Bertz CT molecular complexity index is 1070. The number of aromatic nitrogens is 2. The third kappa shape index (κ3) is 4.20. The maximum absolute atomic E-state index is 12.1. The van der Waals surface area contributed by atoms with Gasteiger partial charge in [-0.15, -0.1) is 0 Å². The molecule has 0 spiro atoms. The second-order valence-electron chi connectivity index (χ2n) is 6.64. The summed E-state index contributed by atoms with van der Waals surface area (Å²) in [5.41, 5.74) is 4.79. The topological polar surface area (TPSA) is 67.0 Å². The Morgan fingerprint density at radius 1 is 1.04 bits per heavy atom. The highest BCUT2D eigenvalue weighted by Gasteiger charge is 2.07. The number of aryl methyl sites for hydroxylation is 1. The quantitative estimate of drug-likeness (QED) is 0.504. The van der Waals surface area contributed by atoms with E-state index in [0.717, 1.165) is 39.4 Å². The molecule has 0 radical (unpaired) electrons. The molecule has 28 heavy (non-hydrogen) atoms. The maximum Gasteiger partial charge on any atom is 0.227 e. The first-order valence-corrected chi connectivity index (χ1v) is 9.22. The van der Waals surface area contributed by atoms with Crippen LogP contribution in [-0.4, -0.2) is 22.5 Å². The van der Waals surface area contributed by atoms with Crippen LogP contribution in [0.3, 0.4) is 0 Å². The minimum Gasteiger partial charge on any atom is -0.493 e. The van der Waals surface area contributed by atoms with Crippen LogP contribution in [0.15, 0.2) is 72.8 Å². The molecule has 1 heterocycles. The first-order valence-electron chi connectivity index (χ1n) is 9.22. The minimum absolute atomic E-state index is 0.0795. The van der Waals surface area contributed by atoms with Crippen molar-refractivity contribution in [3.63, 3.8) is 0 Å². The van der Waals surface area contributed by atoms with Gasteiger partial charge in [-0.2, -0.15) is 0 Å². The summed E-state index contributed by atoms with van der Waals surface area (Å²) in [6.45, 7) is 2.35. The standard InChI is InChI=1S/C23H21N3O2/c1-16-5-4-6-19(15-16)28-14-13-22(27)24-18-11-9-17(10-12-18)23-25-20-7-2-3-8-21(20)26-23/h2-12,15H,13-14H2,1H3,(H,24,27)(H,25,26). The van der Waals surface area contributed by atoms with Crippen molar-refractivity contribution in [2.45, 2.75) is 13.3 Å². The predicted octanol–water partition coefficient (Wildman–Crippen LogP) is 4.95. The first kappa shape index (κ1) is 17.8. The van der Waals surface area contributed by atoms with E-state index >= 15 is 0 Å². The van der Waals surface area contributed by atoms with Gasteiger partial charge in [-0.25, -0.2) is 4.98 Å². The molecule has 0 atom stereocenters. The number of carbonyl (C=O) groups is 1. The second-order valence-corrected chi connectivity index (χ2v) is 6.64. The van der Waals surface area contributed by atoms with Crippen LogP contribution in [0.4, 0.5) is 5.69 Å². The zero-order valence-electron chi connectivity index (χ0n) is 15.6. The highest BCUT2D eigenvalue weighted by Crippen LogP contribution is 2.22. The van der Waals surface area contributed by atoms with Crippen molar-refractivity contribution >= 4 is 22.6 Å². The van der Waals surface area contributed by atoms with Crippen LogP contribution < -0.4 is 10.1 Å². The van der Waals surface area contributed by atoms with Crippen LogP contribution in [0, 0.1) is 6.92 Å². The normalized spacial score (nSPS) is 10.8. The van der Waals surface area contributed by atoms with E-state index in [1.807, 2.05) is 79.7 Å². The summed E-state index contributed by atoms with van der Waals surface area (Å²) < 4.78 is 5.63. The number of anilines is 1. The number of H-pyrrole nitrogens is 1. The summed E-state index contributed by atoms with van der Waals surface area (Å²) in [6, 6.07) is 23.3. The Balaban J connectivity index is 1.33. The average molecular weight is 371 g/mol. The van der Waals surface area contributed by atoms with Gasteiger partial charge in [-0.05, 0) is 61.0 Å². The van der Waals surface area contributed by atoms with Gasteiger partial charge in [0.05, 0.1) is 24.1 Å². The van der Waals surface area contributed by atoms with E-state index in [4.69, 9.17) is 4.74 Å². The zero-order chi connectivity index (χ0) is 19.3. The van der Waals surface area contributed by atoms with Crippen molar-refractivity contribution in [3.8, 4) is 17.1 Å². The van der Waals surface area contributed by atoms with E-state index < -0.39 is 0 Å². The molecule has 3 aromatic carbocycles. The molecule has 0 bridgehead atoms. The molecule has 0 unspecified atom stereocenters. The SMILES string of the molecule is Cc1cccc(OCCC(=O)Nc2ccc(-c3nc4ccccc4[nH]3)cc2)c1. The summed E-state index contributed by atoms with van der Waals surface area (Å²) in [5.74, 6) is 1.51. The molecule has 4 aromatic rings. The molecule has 0 saturated heterocycles. The Morgan fingerprint density at radius 3 is 2.64 bits per heavy atom. The molecule has 4 rings (SSSR count). The van der Waals surface area contributed by atoms with E-state index in [-0.39, 0.29) is 5.91 Å². The van der Waals surface area contributed by atoms with Gasteiger partial charge in [0, 0.05) is 11.3 Å². The number of imidazole rings is 1. The minimum atomic E-state index is -0.0795. The van der Waals surface area contributed by atoms with Crippen molar-refractivity contribution in [1.82, 2.24) is 9.97 Å². The largest absolute Gasteiger partial charge is 0.493 e. The number of rotatable bonds is 6. The Labute approximate surface area is 163 Å². The number of aromatic amines is 1. The van der Waals surface area contributed by atoms with E-state index in [2.05, 4.69) is 15.3 Å². The van der Waals surface area contributed by atoms with Gasteiger partial charge >= 0.3 is 0 Å². The summed E-state index contributed by atoms with van der Waals surface area (Å²) in [5, 5.41) is 2.90. The number of amides is 1. The maximum atomic E-state index is 12.1. The lowest BCUT2D eigenvalue weighted by Crippen LogP contribution is -2.15. The number of nitrogens with one attached hydrogen (secondary N) is 2. The van der Waals surface area contributed by atoms with Gasteiger partial charge < -0.3 is 15.0 Å². The fourth-order valence-corrected chi connectivity index (χ4v) is 2.99. The van der Waals surface area contributed by atoms with Crippen molar-refractivity contribution in [2.75, 3.05) is 11.9 Å². The number of ether oxygens (including phenoxy) is 1. The number of para-hydroxylation sites is 2. The van der Waals surface area contributed by atoms with Crippen LogP contribution in [0.25, 0.3) is 22.4 Å². The number of benzene rings is 3. The van der Waals surface area contributed by atoms with Crippen LogP contribution in [0.2, 0.25) is 0 Å². The smallest absolute Gasteiger partial charge is 0.227 e. The molecule has 0 saturated carbocycles. The molecule has 1 amide bonds. The number of hydrogen-bond acceptors (Lipinski definition) is 3. The summed E-state index contributed by atoms with van der Waals surface area (Å²) in [7, 11) is 0. The van der Waals surface area contributed by atoms with Gasteiger partial charge in [0.25, 0.3) is 0 Å².